The van der Waals surface area contributed by atoms with Crippen LogP contribution >= 0.6 is 11.8 Å². The standard InChI is InChI=1S/C21H29N5OS/c1-4-17-12-16(9-8-15(17)2)13-22-21-24-19-18(20(27)25-21)26(14-23-19)10-6-5-7-11-28-3/h8-9,12,14H,4-7,10-11,13H2,1-3H3,(H2,22,24,25,27). The Labute approximate surface area is 170 Å². The van der Waals surface area contributed by atoms with Crippen molar-refractivity contribution in [3.63, 3.8) is 0 Å². The van der Waals surface area contributed by atoms with Crippen molar-refractivity contribution in [3.05, 3.63) is 51.6 Å². The van der Waals surface area contributed by atoms with Crippen LogP contribution in [-0.2, 0) is 19.5 Å². The van der Waals surface area contributed by atoms with E-state index < -0.39 is 0 Å². The number of hydrogen-bond acceptors (Lipinski definition) is 5. The van der Waals surface area contributed by atoms with Gasteiger partial charge in [-0.1, -0.05) is 31.5 Å². The first kappa shape index (κ1) is 20.5. The molecule has 0 spiro atoms. The number of unbranched alkanes of at least 4 members (excludes halogenated alkanes) is 2. The number of thioether (sulfide) groups is 1. The normalized spacial score (nSPS) is 11.2. The minimum atomic E-state index is -0.146. The van der Waals surface area contributed by atoms with Gasteiger partial charge in [0.1, 0.15) is 0 Å². The molecule has 0 aliphatic heterocycles. The molecule has 2 heterocycles. The number of H-pyrrole nitrogens is 1. The molecule has 0 atom stereocenters. The van der Waals surface area contributed by atoms with Gasteiger partial charge in [0, 0.05) is 13.1 Å². The zero-order chi connectivity index (χ0) is 19.9. The molecule has 0 aliphatic carbocycles. The molecule has 0 saturated carbocycles. The Kier molecular flexibility index (Phi) is 7.14. The molecule has 150 valence electrons. The van der Waals surface area contributed by atoms with E-state index in [4.69, 9.17) is 0 Å². The molecule has 3 rings (SSSR count). The van der Waals surface area contributed by atoms with E-state index in [-0.39, 0.29) is 5.56 Å². The summed E-state index contributed by atoms with van der Waals surface area (Å²) in [6.07, 6.45) is 8.26. The number of hydrogen-bond donors (Lipinski definition) is 2. The molecule has 6 nitrogen and oxygen atoms in total. The van der Waals surface area contributed by atoms with Crippen LogP contribution in [0.4, 0.5) is 5.95 Å². The summed E-state index contributed by atoms with van der Waals surface area (Å²) in [5.41, 5.74) is 4.71. The largest absolute Gasteiger partial charge is 0.352 e. The van der Waals surface area contributed by atoms with Crippen LogP contribution in [0.15, 0.2) is 29.3 Å². The molecule has 7 heteroatoms. The summed E-state index contributed by atoms with van der Waals surface area (Å²) in [5, 5.41) is 3.22. The van der Waals surface area contributed by atoms with Gasteiger partial charge in [-0.05, 0) is 54.9 Å². The van der Waals surface area contributed by atoms with Gasteiger partial charge in [0.15, 0.2) is 11.2 Å². The number of nitrogens with one attached hydrogen (secondary N) is 2. The van der Waals surface area contributed by atoms with Crippen molar-refractivity contribution < 1.29 is 0 Å². The van der Waals surface area contributed by atoms with Gasteiger partial charge >= 0.3 is 0 Å². The highest BCUT2D eigenvalue weighted by Crippen LogP contribution is 2.14. The lowest BCUT2D eigenvalue weighted by atomic mass is 10.0. The fraction of sp³-hybridized carbons (Fsp3) is 0.476. The van der Waals surface area contributed by atoms with E-state index in [1.54, 1.807) is 6.33 Å². The number of aromatic nitrogens is 4. The van der Waals surface area contributed by atoms with Gasteiger partial charge < -0.3 is 9.88 Å². The van der Waals surface area contributed by atoms with Crippen molar-refractivity contribution in [1.82, 2.24) is 19.5 Å². The molecule has 2 N–H and O–H groups in total. The first-order valence-electron chi connectivity index (χ1n) is 9.88. The summed E-state index contributed by atoms with van der Waals surface area (Å²) < 4.78 is 1.91. The fourth-order valence-electron chi connectivity index (χ4n) is 3.35. The quantitative estimate of drug-likeness (QED) is 0.501. The Morgan fingerprint density at radius 3 is 2.89 bits per heavy atom. The molecule has 28 heavy (non-hydrogen) atoms. The number of anilines is 1. The zero-order valence-electron chi connectivity index (χ0n) is 16.9. The van der Waals surface area contributed by atoms with Crippen LogP contribution in [0.1, 0.15) is 42.9 Å². The van der Waals surface area contributed by atoms with Crippen LogP contribution in [0.2, 0.25) is 0 Å². The van der Waals surface area contributed by atoms with Gasteiger partial charge in [0.2, 0.25) is 5.95 Å². The number of imidazole rings is 1. The molecular weight excluding hydrogens is 370 g/mol. The van der Waals surface area contributed by atoms with Crippen LogP contribution < -0.4 is 10.9 Å². The van der Waals surface area contributed by atoms with Crippen molar-refractivity contribution in [2.45, 2.75) is 52.6 Å². The topological polar surface area (TPSA) is 75.6 Å². The van der Waals surface area contributed by atoms with Gasteiger partial charge in [0.25, 0.3) is 5.56 Å². The van der Waals surface area contributed by atoms with Crippen LogP contribution in [0.3, 0.4) is 0 Å². The Morgan fingerprint density at radius 1 is 1.25 bits per heavy atom. The third-order valence-electron chi connectivity index (χ3n) is 4.99. The van der Waals surface area contributed by atoms with Crippen molar-refractivity contribution in [1.29, 1.82) is 0 Å². The van der Waals surface area contributed by atoms with Crippen molar-refractivity contribution in [2.24, 2.45) is 0 Å². The maximum absolute atomic E-state index is 12.6. The Morgan fingerprint density at radius 2 is 2.11 bits per heavy atom. The van der Waals surface area contributed by atoms with Crippen LogP contribution in [0, 0.1) is 6.92 Å². The average molecular weight is 400 g/mol. The Balaban J connectivity index is 1.68. The lowest BCUT2D eigenvalue weighted by Gasteiger charge is -2.09. The number of aryl methyl sites for hydroxylation is 3. The van der Waals surface area contributed by atoms with Crippen LogP contribution in [0.5, 0.6) is 0 Å². The first-order chi connectivity index (χ1) is 13.6. The second-order valence-electron chi connectivity index (χ2n) is 7.05. The van der Waals surface area contributed by atoms with Crippen LogP contribution in [0.25, 0.3) is 11.2 Å². The highest BCUT2D eigenvalue weighted by atomic mass is 32.2. The summed E-state index contributed by atoms with van der Waals surface area (Å²) in [4.78, 5) is 24.3. The first-order valence-corrected chi connectivity index (χ1v) is 11.3. The molecule has 0 radical (unpaired) electrons. The fourth-order valence-corrected chi connectivity index (χ4v) is 3.84. The average Bonchev–Trinajstić information content (AvgIpc) is 3.10. The molecule has 2 aromatic heterocycles. The van der Waals surface area contributed by atoms with Crippen LogP contribution in [-0.4, -0.2) is 31.5 Å². The van der Waals surface area contributed by atoms with Crippen molar-refractivity contribution >= 4 is 28.9 Å². The van der Waals surface area contributed by atoms with E-state index in [2.05, 4.69) is 58.6 Å². The monoisotopic (exact) mass is 399 g/mol. The minimum absolute atomic E-state index is 0.146. The predicted octanol–water partition coefficient (Wildman–Crippen LogP) is 4.14. The predicted molar refractivity (Wildman–Crippen MR) is 118 cm³/mol. The van der Waals surface area contributed by atoms with E-state index in [9.17, 15) is 4.79 Å². The molecule has 0 fully saturated rings. The van der Waals surface area contributed by atoms with Gasteiger partial charge in [-0.25, -0.2) is 4.98 Å². The lowest BCUT2D eigenvalue weighted by molar-refractivity contribution is 0.614. The zero-order valence-corrected chi connectivity index (χ0v) is 17.7. The highest BCUT2D eigenvalue weighted by Gasteiger charge is 2.10. The van der Waals surface area contributed by atoms with E-state index in [0.29, 0.717) is 23.7 Å². The van der Waals surface area contributed by atoms with Crippen molar-refractivity contribution in [3.8, 4) is 0 Å². The molecular formula is C21H29N5OS. The SMILES string of the molecule is CCc1cc(CNc2nc3ncn(CCCCCSC)c3c(=O)[nH]2)ccc1C. The molecule has 1 aromatic carbocycles. The smallest absolute Gasteiger partial charge is 0.278 e. The maximum atomic E-state index is 12.6. The van der Waals surface area contributed by atoms with Crippen molar-refractivity contribution in [2.75, 3.05) is 17.3 Å². The third kappa shape index (κ3) is 4.95. The van der Waals surface area contributed by atoms with E-state index >= 15 is 0 Å². The van der Waals surface area contributed by atoms with Gasteiger partial charge in [-0.3, -0.25) is 9.78 Å². The number of benzene rings is 1. The van der Waals surface area contributed by atoms with Gasteiger partial charge in [0.05, 0.1) is 6.33 Å². The van der Waals surface area contributed by atoms with E-state index in [0.717, 1.165) is 25.8 Å². The van der Waals surface area contributed by atoms with E-state index in [1.165, 1.54) is 28.9 Å². The second kappa shape index (κ2) is 9.78. The Bertz CT molecular complexity index is 979. The highest BCUT2D eigenvalue weighted by molar-refractivity contribution is 7.98. The van der Waals surface area contributed by atoms with E-state index in [1.807, 2.05) is 16.3 Å². The molecule has 3 aromatic rings. The summed E-state index contributed by atoms with van der Waals surface area (Å²) in [6.45, 7) is 5.69. The summed E-state index contributed by atoms with van der Waals surface area (Å²) >= 11 is 1.87. The molecule has 0 saturated heterocycles. The molecule has 0 bridgehead atoms. The molecule has 0 unspecified atom stereocenters. The summed E-state index contributed by atoms with van der Waals surface area (Å²) in [5.74, 6) is 1.64. The molecule has 0 aliphatic rings. The number of nitrogens with zero attached hydrogens (tertiary/aromatic N) is 3. The Hall–Kier alpha value is -2.28. The number of fused-ring (bicyclic) bond motifs is 1. The third-order valence-corrected chi connectivity index (χ3v) is 5.68. The second-order valence-corrected chi connectivity index (χ2v) is 8.03. The maximum Gasteiger partial charge on any atom is 0.278 e. The summed E-state index contributed by atoms with van der Waals surface area (Å²) in [6, 6.07) is 6.44. The lowest BCUT2D eigenvalue weighted by Crippen LogP contribution is -2.16. The number of rotatable bonds is 10. The van der Waals surface area contributed by atoms with Gasteiger partial charge in [-0.2, -0.15) is 16.7 Å². The number of aromatic amines is 1. The van der Waals surface area contributed by atoms with Gasteiger partial charge in [-0.15, -0.1) is 0 Å². The summed E-state index contributed by atoms with van der Waals surface area (Å²) in [7, 11) is 0. The minimum Gasteiger partial charge on any atom is -0.352 e. The molecule has 0 amide bonds.